The average Bonchev–Trinajstić information content (AvgIpc) is 2.74. The maximum Gasteiger partial charge on any atom is 0.263 e. The third kappa shape index (κ3) is 3.29. The minimum Gasteiger partial charge on any atom is -0.397 e. The maximum atomic E-state index is 12.3. The van der Waals surface area contributed by atoms with Gasteiger partial charge < -0.3 is 16.0 Å². The molecule has 0 fully saturated rings. The van der Waals surface area contributed by atoms with Gasteiger partial charge in [0, 0.05) is 16.1 Å². The molecule has 1 atom stereocenters. The predicted octanol–water partition coefficient (Wildman–Crippen LogP) is 2.55. The van der Waals surface area contributed by atoms with Crippen molar-refractivity contribution in [2.45, 2.75) is 19.4 Å². The van der Waals surface area contributed by atoms with Crippen molar-refractivity contribution < 1.29 is 4.79 Å². The van der Waals surface area contributed by atoms with Crippen LogP contribution in [-0.4, -0.2) is 37.5 Å². The highest BCUT2D eigenvalue weighted by Gasteiger charge is 2.17. The van der Waals surface area contributed by atoms with Gasteiger partial charge in [-0.2, -0.15) is 0 Å². The summed E-state index contributed by atoms with van der Waals surface area (Å²) in [4.78, 5) is 15.0. The molecule has 3 N–H and O–H groups in total. The van der Waals surface area contributed by atoms with Crippen LogP contribution in [-0.2, 0) is 0 Å². The van der Waals surface area contributed by atoms with Gasteiger partial charge in [-0.25, -0.2) is 0 Å². The molecule has 0 saturated heterocycles. The zero-order valence-electron chi connectivity index (χ0n) is 12.1. The number of benzene rings is 1. The van der Waals surface area contributed by atoms with Crippen LogP contribution in [0.25, 0.3) is 10.1 Å². The molecule has 1 aromatic carbocycles. The van der Waals surface area contributed by atoms with Crippen molar-refractivity contribution in [3.63, 3.8) is 0 Å². The van der Waals surface area contributed by atoms with Crippen molar-refractivity contribution >= 4 is 33.0 Å². The summed E-state index contributed by atoms with van der Waals surface area (Å²) in [5.74, 6) is -0.0741. The summed E-state index contributed by atoms with van der Waals surface area (Å²) in [7, 11) is 4.05. The zero-order valence-corrected chi connectivity index (χ0v) is 13.0. The van der Waals surface area contributed by atoms with Crippen molar-refractivity contribution in [3.05, 3.63) is 29.1 Å². The second-order valence-corrected chi connectivity index (χ2v) is 6.36. The quantitative estimate of drug-likeness (QED) is 0.890. The van der Waals surface area contributed by atoms with Crippen LogP contribution < -0.4 is 11.1 Å². The first-order chi connectivity index (χ1) is 9.49. The molecule has 2 rings (SSSR count). The molecule has 0 bridgehead atoms. The Morgan fingerprint density at radius 1 is 1.40 bits per heavy atom. The van der Waals surface area contributed by atoms with E-state index in [1.54, 1.807) is 0 Å². The molecule has 0 saturated carbocycles. The molecule has 1 aromatic heterocycles. The van der Waals surface area contributed by atoms with Gasteiger partial charge in [0.1, 0.15) is 4.88 Å². The first-order valence-corrected chi connectivity index (χ1v) is 7.53. The minimum absolute atomic E-state index is 0.0741. The first kappa shape index (κ1) is 14.8. The molecule has 1 unspecified atom stereocenters. The van der Waals surface area contributed by atoms with Gasteiger partial charge in [-0.05, 0) is 40.1 Å². The van der Waals surface area contributed by atoms with Gasteiger partial charge in [0.2, 0.25) is 0 Å². The van der Waals surface area contributed by atoms with Gasteiger partial charge in [-0.3, -0.25) is 4.79 Å². The van der Waals surface area contributed by atoms with Gasteiger partial charge >= 0.3 is 0 Å². The van der Waals surface area contributed by atoms with Crippen LogP contribution in [0.15, 0.2) is 24.3 Å². The molecule has 5 heteroatoms. The molecular weight excluding hydrogens is 270 g/mol. The zero-order chi connectivity index (χ0) is 14.7. The molecular formula is C15H21N3OS. The fraction of sp³-hybridized carbons (Fsp3) is 0.400. The lowest BCUT2D eigenvalue weighted by Crippen LogP contribution is -2.34. The number of nitrogens with one attached hydrogen (secondary N) is 1. The van der Waals surface area contributed by atoms with E-state index in [-0.39, 0.29) is 11.9 Å². The summed E-state index contributed by atoms with van der Waals surface area (Å²) in [6.07, 6.45) is 0.920. The number of nitrogens with two attached hydrogens (primary N) is 1. The van der Waals surface area contributed by atoms with Gasteiger partial charge in [-0.15, -0.1) is 11.3 Å². The lowest BCUT2D eigenvalue weighted by molar-refractivity contribution is 0.0942. The van der Waals surface area contributed by atoms with Gasteiger partial charge in [-0.1, -0.05) is 18.2 Å². The number of thiophene rings is 1. The molecule has 0 aliphatic rings. The lowest BCUT2D eigenvalue weighted by atomic mass is 10.2. The maximum absolute atomic E-state index is 12.3. The highest BCUT2D eigenvalue weighted by Crippen LogP contribution is 2.33. The number of carbonyl (C=O) groups excluding carboxylic acids is 1. The number of hydrogen-bond acceptors (Lipinski definition) is 4. The van der Waals surface area contributed by atoms with Crippen LogP contribution >= 0.6 is 11.3 Å². The average molecular weight is 291 g/mol. The van der Waals surface area contributed by atoms with E-state index >= 15 is 0 Å². The fourth-order valence-electron chi connectivity index (χ4n) is 2.05. The Balaban J connectivity index is 2.09. The Morgan fingerprint density at radius 2 is 2.10 bits per heavy atom. The Hall–Kier alpha value is -1.59. The molecule has 2 aromatic rings. The normalized spacial score (nSPS) is 12.8. The van der Waals surface area contributed by atoms with E-state index in [2.05, 4.69) is 10.2 Å². The molecule has 1 amide bonds. The smallest absolute Gasteiger partial charge is 0.263 e. The third-order valence-corrected chi connectivity index (χ3v) is 4.41. The Labute approximate surface area is 123 Å². The molecule has 108 valence electrons. The minimum atomic E-state index is -0.0741. The molecule has 0 aliphatic heterocycles. The van der Waals surface area contributed by atoms with Gasteiger partial charge in [0.15, 0.2) is 0 Å². The summed E-state index contributed by atoms with van der Waals surface area (Å²) in [5, 5.41) is 3.98. The second kappa shape index (κ2) is 6.24. The number of amides is 1. The van der Waals surface area contributed by atoms with E-state index in [0.29, 0.717) is 10.6 Å². The van der Waals surface area contributed by atoms with E-state index in [0.717, 1.165) is 23.1 Å². The third-order valence-electron chi connectivity index (χ3n) is 3.23. The van der Waals surface area contributed by atoms with Gasteiger partial charge in [0.25, 0.3) is 5.91 Å². The standard InChI is InChI=1S/C15H21N3OS/c1-10(8-9-18(2)3)17-15(19)14-13(16)11-6-4-5-7-12(11)20-14/h4-7,10H,8-9,16H2,1-3H3,(H,17,19). The summed E-state index contributed by atoms with van der Waals surface area (Å²) in [6.45, 7) is 2.97. The monoisotopic (exact) mass is 291 g/mol. The van der Waals surface area contributed by atoms with Crippen molar-refractivity contribution in [1.82, 2.24) is 10.2 Å². The predicted molar refractivity (Wildman–Crippen MR) is 86.3 cm³/mol. The fourth-order valence-corrected chi connectivity index (χ4v) is 3.07. The van der Waals surface area contributed by atoms with E-state index in [9.17, 15) is 4.79 Å². The SMILES string of the molecule is CC(CCN(C)C)NC(=O)c1sc2ccccc2c1N. The van der Waals surface area contributed by atoms with Crippen molar-refractivity contribution in [1.29, 1.82) is 0 Å². The van der Waals surface area contributed by atoms with Crippen LogP contribution in [0.4, 0.5) is 5.69 Å². The van der Waals surface area contributed by atoms with E-state index in [4.69, 9.17) is 5.73 Å². The highest BCUT2D eigenvalue weighted by molar-refractivity contribution is 7.21. The Bertz CT molecular complexity index is 606. The van der Waals surface area contributed by atoms with E-state index in [1.165, 1.54) is 11.3 Å². The van der Waals surface area contributed by atoms with Gasteiger partial charge in [0.05, 0.1) is 5.69 Å². The Morgan fingerprint density at radius 3 is 2.75 bits per heavy atom. The molecule has 1 heterocycles. The number of carbonyl (C=O) groups is 1. The van der Waals surface area contributed by atoms with Crippen LogP contribution in [0.1, 0.15) is 23.0 Å². The number of anilines is 1. The Kier molecular flexibility index (Phi) is 4.62. The van der Waals surface area contributed by atoms with Crippen molar-refractivity contribution in [2.24, 2.45) is 0 Å². The van der Waals surface area contributed by atoms with Crippen LogP contribution in [0.5, 0.6) is 0 Å². The largest absolute Gasteiger partial charge is 0.397 e. The summed E-state index contributed by atoms with van der Waals surface area (Å²) in [6, 6.07) is 7.97. The van der Waals surface area contributed by atoms with Crippen LogP contribution in [0.3, 0.4) is 0 Å². The molecule has 4 nitrogen and oxygen atoms in total. The summed E-state index contributed by atoms with van der Waals surface area (Å²) in [5.41, 5.74) is 6.67. The molecule has 0 radical (unpaired) electrons. The van der Waals surface area contributed by atoms with E-state index < -0.39 is 0 Å². The molecule has 0 aliphatic carbocycles. The number of fused-ring (bicyclic) bond motifs is 1. The first-order valence-electron chi connectivity index (χ1n) is 6.71. The number of nitrogen functional groups attached to an aromatic ring is 1. The van der Waals surface area contributed by atoms with Crippen LogP contribution in [0, 0.1) is 0 Å². The summed E-state index contributed by atoms with van der Waals surface area (Å²) < 4.78 is 1.05. The second-order valence-electron chi connectivity index (χ2n) is 5.31. The number of hydrogen-bond donors (Lipinski definition) is 2. The van der Waals surface area contributed by atoms with E-state index in [1.807, 2.05) is 45.3 Å². The molecule has 0 spiro atoms. The lowest BCUT2D eigenvalue weighted by Gasteiger charge is -2.16. The topological polar surface area (TPSA) is 58.4 Å². The number of rotatable bonds is 5. The number of nitrogens with zero attached hydrogens (tertiary/aromatic N) is 1. The van der Waals surface area contributed by atoms with Crippen molar-refractivity contribution in [3.8, 4) is 0 Å². The summed E-state index contributed by atoms with van der Waals surface area (Å²) >= 11 is 1.45. The highest BCUT2D eigenvalue weighted by atomic mass is 32.1. The van der Waals surface area contributed by atoms with Crippen molar-refractivity contribution in [2.75, 3.05) is 26.4 Å². The molecule has 20 heavy (non-hydrogen) atoms. The van der Waals surface area contributed by atoms with Crippen LogP contribution in [0.2, 0.25) is 0 Å².